The summed E-state index contributed by atoms with van der Waals surface area (Å²) in [5, 5.41) is 0. The molecule has 0 rings (SSSR count). The monoisotopic (exact) mass is 857 g/mol. The summed E-state index contributed by atoms with van der Waals surface area (Å²) >= 11 is 0. The van der Waals surface area contributed by atoms with Gasteiger partial charge in [-0.05, 0) is 96.3 Å². The van der Waals surface area contributed by atoms with Crippen LogP contribution in [0.4, 0.5) is 0 Å². The second-order valence-corrected chi connectivity index (χ2v) is 17.8. The molecule has 1 unspecified atom stereocenters. The third kappa shape index (κ3) is 48.5. The van der Waals surface area contributed by atoms with E-state index in [1.54, 1.807) is 0 Å². The number of rotatable bonds is 48. The molecule has 0 fully saturated rings. The van der Waals surface area contributed by atoms with Gasteiger partial charge in [-0.2, -0.15) is 0 Å². The third-order valence-corrected chi connectivity index (χ3v) is 11.6. The molecule has 0 aromatic heterocycles. The van der Waals surface area contributed by atoms with Crippen molar-refractivity contribution < 1.29 is 28.6 Å². The highest BCUT2D eigenvalue weighted by atomic mass is 16.6. The van der Waals surface area contributed by atoms with Crippen LogP contribution in [0.5, 0.6) is 0 Å². The summed E-state index contributed by atoms with van der Waals surface area (Å²) in [6, 6.07) is 0. The Balaban J connectivity index is 4.39. The van der Waals surface area contributed by atoms with Crippen molar-refractivity contribution in [1.82, 2.24) is 0 Å². The third-order valence-electron chi connectivity index (χ3n) is 11.6. The first kappa shape index (κ1) is 58.6. The molecule has 1 atom stereocenters. The van der Waals surface area contributed by atoms with Gasteiger partial charge >= 0.3 is 17.9 Å². The molecule has 0 aromatic carbocycles. The van der Waals surface area contributed by atoms with Gasteiger partial charge in [-0.3, -0.25) is 14.4 Å². The highest BCUT2D eigenvalue weighted by Gasteiger charge is 2.19. The maximum absolute atomic E-state index is 12.8. The van der Waals surface area contributed by atoms with E-state index in [0.717, 1.165) is 83.5 Å². The van der Waals surface area contributed by atoms with Gasteiger partial charge in [0, 0.05) is 19.3 Å². The van der Waals surface area contributed by atoms with Gasteiger partial charge in [0.05, 0.1) is 0 Å². The first-order valence-corrected chi connectivity index (χ1v) is 26.5. The zero-order valence-electron chi connectivity index (χ0n) is 40.7. The lowest BCUT2D eigenvalue weighted by molar-refractivity contribution is -0.167. The lowest BCUT2D eigenvalue weighted by Gasteiger charge is -2.18. The van der Waals surface area contributed by atoms with Crippen LogP contribution in [0, 0.1) is 0 Å². The van der Waals surface area contributed by atoms with Crippen LogP contribution in [0.3, 0.4) is 0 Å². The van der Waals surface area contributed by atoms with Gasteiger partial charge in [-0.15, -0.1) is 0 Å². The van der Waals surface area contributed by atoms with Gasteiger partial charge < -0.3 is 14.2 Å². The van der Waals surface area contributed by atoms with Crippen LogP contribution < -0.4 is 0 Å². The summed E-state index contributed by atoms with van der Waals surface area (Å²) in [7, 11) is 0. The van der Waals surface area contributed by atoms with E-state index in [2.05, 4.69) is 57.2 Å². The molecule has 0 amide bonds. The molecule has 356 valence electrons. The van der Waals surface area contributed by atoms with Crippen molar-refractivity contribution in [2.75, 3.05) is 13.2 Å². The van der Waals surface area contributed by atoms with E-state index in [9.17, 15) is 14.4 Å². The number of unbranched alkanes of at least 4 members (excludes halogenated alkanes) is 31. The first-order chi connectivity index (χ1) is 30.0. The zero-order valence-corrected chi connectivity index (χ0v) is 40.7. The molecule has 0 heterocycles. The average molecular weight is 857 g/mol. The van der Waals surface area contributed by atoms with Gasteiger partial charge in [0.15, 0.2) is 6.10 Å². The fourth-order valence-electron chi connectivity index (χ4n) is 7.54. The minimum absolute atomic E-state index is 0.0809. The number of hydrogen-bond acceptors (Lipinski definition) is 6. The normalized spacial score (nSPS) is 12.2. The lowest BCUT2D eigenvalue weighted by atomic mass is 10.1. The summed E-state index contributed by atoms with van der Waals surface area (Å²) in [5.41, 5.74) is 0. The van der Waals surface area contributed by atoms with E-state index in [0.29, 0.717) is 19.3 Å². The number of hydrogen-bond donors (Lipinski definition) is 0. The molecule has 0 saturated heterocycles. The largest absolute Gasteiger partial charge is 0.462 e. The molecule has 0 spiro atoms. The van der Waals surface area contributed by atoms with Crippen LogP contribution in [-0.4, -0.2) is 37.2 Å². The quantitative estimate of drug-likeness (QED) is 0.0262. The predicted octanol–water partition coefficient (Wildman–Crippen LogP) is 17.3. The highest BCUT2D eigenvalue weighted by molar-refractivity contribution is 5.71. The molecule has 61 heavy (non-hydrogen) atoms. The Bertz CT molecular complexity index is 1030. The van der Waals surface area contributed by atoms with Gasteiger partial charge in [0.2, 0.25) is 0 Å². The second kappa shape index (κ2) is 50.3. The van der Waals surface area contributed by atoms with Crippen LogP contribution in [0.1, 0.15) is 278 Å². The molecule has 0 aliphatic rings. The van der Waals surface area contributed by atoms with Crippen molar-refractivity contribution in [1.29, 1.82) is 0 Å². The zero-order chi connectivity index (χ0) is 44.4. The summed E-state index contributed by atoms with van der Waals surface area (Å²) in [5.74, 6) is -0.896. The maximum atomic E-state index is 12.8. The Labute approximate surface area is 378 Å². The molecule has 0 aliphatic carbocycles. The molecule has 0 aromatic rings. The lowest BCUT2D eigenvalue weighted by Crippen LogP contribution is -2.30. The van der Waals surface area contributed by atoms with E-state index in [1.807, 2.05) is 0 Å². The Kier molecular flexibility index (Phi) is 48.3. The molecule has 6 nitrogen and oxygen atoms in total. The van der Waals surface area contributed by atoms with Gasteiger partial charge in [0.25, 0.3) is 0 Å². The van der Waals surface area contributed by atoms with Crippen LogP contribution in [-0.2, 0) is 28.6 Å². The van der Waals surface area contributed by atoms with E-state index in [-0.39, 0.29) is 31.1 Å². The number of allylic oxidation sites excluding steroid dienone is 6. The Morgan fingerprint density at radius 3 is 0.836 bits per heavy atom. The van der Waals surface area contributed by atoms with Crippen molar-refractivity contribution in [2.45, 2.75) is 284 Å². The molecular formula is C55H100O6. The van der Waals surface area contributed by atoms with Crippen LogP contribution in [0.15, 0.2) is 36.5 Å². The molecule has 0 aliphatic heterocycles. The summed E-state index contributed by atoms with van der Waals surface area (Å²) in [6.07, 6.45) is 58.4. The number of carbonyl (C=O) groups excluding carboxylic acids is 3. The molecular weight excluding hydrogens is 757 g/mol. The Hall–Kier alpha value is -2.37. The van der Waals surface area contributed by atoms with Crippen molar-refractivity contribution in [3.63, 3.8) is 0 Å². The topological polar surface area (TPSA) is 78.9 Å². The second-order valence-electron chi connectivity index (χ2n) is 17.8. The van der Waals surface area contributed by atoms with Crippen molar-refractivity contribution >= 4 is 17.9 Å². The predicted molar refractivity (Wildman–Crippen MR) is 261 cm³/mol. The fraction of sp³-hybridized carbons (Fsp3) is 0.836. The van der Waals surface area contributed by atoms with Crippen molar-refractivity contribution in [3.05, 3.63) is 36.5 Å². The van der Waals surface area contributed by atoms with E-state index in [4.69, 9.17) is 14.2 Å². The standard InChI is InChI=1S/C55H100O6/c1-4-7-10-13-16-19-22-25-27-30-33-36-39-42-45-48-54(57)60-51-52(50-59-53(56)47-44-41-38-35-32-29-24-21-18-15-12-9-6-3)61-55(58)49-46-43-40-37-34-31-28-26-23-20-17-14-11-8-5-2/h21,24-28,52H,4-20,22-23,29-51H2,1-3H3/b24-21-,27-25-,28-26-. The minimum Gasteiger partial charge on any atom is -0.462 e. The minimum atomic E-state index is -0.780. The van der Waals surface area contributed by atoms with E-state index < -0.39 is 6.10 Å². The molecule has 6 heteroatoms. The molecule has 0 radical (unpaired) electrons. The smallest absolute Gasteiger partial charge is 0.306 e. The molecule has 0 N–H and O–H groups in total. The van der Waals surface area contributed by atoms with Crippen LogP contribution in [0.25, 0.3) is 0 Å². The molecule has 0 bridgehead atoms. The summed E-state index contributed by atoms with van der Waals surface area (Å²) in [6.45, 7) is 6.61. The van der Waals surface area contributed by atoms with Crippen LogP contribution >= 0.6 is 0 Å². The van der Waals surface area contributed by atoms with Crippen molar-refractivity contribution in [3.8, 4) is 0 Å². The Morgan fingerprint density at radius 2 is 0.541 bits per heavy atom. The fourth-order valence-corrected chi connectivity index (χ4v) is 7.54. The number of carbonyl (C=O) groups is 3. The van der Waals surface area contributed by atoms with Gasteiger partial charge in [-0.1, -0.05) is 198 Å². The van der Waals surface area contributed by atoms with Crippen LogP contribution in [0.2, 0.25) is 0 Å². The van der Waals surface area contributed by atoms with Crippen molar-refractivity contribution in [2.24, 2.45) is 0 Å². The maximum Gasteiger partial charge on any atom is 0.306 e. The number of esters is 3. The number of ether oxygens (including phenoxy) is 3. The Morgan fingerprint density at radius 1 is 0.311 bits per heavy atom. The summed E-state index contributed by atoms with van der Waals surface area (Å²) < 4.78 is 16.8. The average Bonchev–Trinajstić information content (AvgIpc) is 3.26. The van der Waals surface area contributed by atoms with Gasteiger partial charge in [0.1, 0.15) is 13.2 Å². The van der Waals surface area contributed by atoms with E-state index in [1.165, 1.54) is 154 Å². The summed E-state index contributed by atoms with van der Waals surface area (Å²) in [4.78, 5) is 38.0. The van der Waals surface area contributed by atoms with E-state index >= 15 is 0 Å². The SMILES string of the molecule is CCCCCC/C=C\CCCCCCCC(=O)OCC(COC(=O)CCCCCCC/C=C\CCCCCCCC)OC(=O)CCCCCCC/C=C\CCCCCCCC. The van der Waals surface area contributed by atoms with Gasteiger partial charge in [-0.25, -0.2) is 0 Å². The highest BCUT2D eigenvalue weighted by Crippen LogP contribution is 2.14. The first-order valence-electron chi connectivity index (χ1n) is 26.5. The molecule has 0 saturated carbocycles.